The Morgan fingerprint density at radius 3 is 2.69 bits per heavy atom. The van der Waals surface area contributed by atoms with Crippen LogP contribution in [0.1, 0.15) is 11.9 Å². The summed E-state index contributed by atoms with van der Waals surface area (Å²) in [5.41, 5.74) is 2.22. The van der Waals surface area contributed by atoms with Crippen LogP contribution in [0, 0.1) is 0 Å². The minimum atomic E-state index is -4.60. The first-order valence-electron chi connectivity index (χ1n) is 8.20. The van der Waals surface area contributed by atoms with Gasteiger partial charge in [-0.25, -0.2) is 4.98 Å². The van der Waals surface area contributed by atoms with Gasteiger partial charge in [-0.05, 0) is 13.0 Å². The van der Waals surface area contributed by atoms with Crippen molar-refractivity contribution >= 4 is 56.2 Å². The van der Waals surface area contributed by atoms with E-state index in [1.165, 1.54) is 0 Å². The number of carbonyl (C=O) groups excluding carboxylic acids is 1. The number of fused-ring (bicyclic) bond motifs is 3. The fourth-order valence-electron chi connectivity index (χ4n) is 2.65. The number of hydrogen-bond donors (Lipinski definition) is 1. The number of nitrogens with zero attached hydrogens (tertiary/aromatic N) is 6. The van der Waals surface area contributed by atoms with Crippen molar-refractivity contribution in [1.29, 1.82) is 0 Å². The predicted molar refractivity (Wildman–Crippen MR) is 103 cm³/mol. The van der Waals surface area contributed by atoms with Crippen LogP contribution in [0.3, 0.4) is 0 Å². The molecule has 0 unspecified atom stereocenters. The Hall–Kier alpha value is -2.80. The third-order valence-electron chi connectivity index (χ3n) is 4.04. The Morgan fingerprint density at radius 2 is 1.97 bits per heavy atom. The lowest BCUT2D eigenvalue weighted by atomic mass is 10.2. The highest BCUT2D eigenvalue weighted by Gasteiger charge is 2.36. The van der Waals surface area contributed by atoms with E-state index < -0.39 is 22.3 Å². The molecule has 0 fully saturated rings. The van der Waals surface area contributed by atoms with Crippen LogP contribution in [-0.2, 0) is 18.0 Å². The van der Waals surface area contributed by atoms with Gasteiger partial charge < -0.3 is 4.57 Å². The van der Waals surface area contributed by atoms with Crippen molar-refractivity contribution < 1.29 is 18.0 Å². The quantitative estimate of drug-likeness (QED) is 0.486. The first-order valence-corrected chi connectivity index (χ1v) is 9.89. The second-order valence-electron chi connectivity index (χ2n) is 6.00. The van der Waals surface area contributed by atoms with Crippen molar-refractivity contribution in [3.63, 3.8) is 0 Å². The molecule has 1 aromatic carbocycles. The number of para-hydroxylation sites is 1. The summed E-state index contributed by atoms with van der Waals surface area (Å²) in [5.74, 6) is -0.541. The van der Waals surface area contributed by atoms with Crippen molar-refractivity contribution in [3.05, 3.63) is 29.3 Å². The average molecular weight is 439 g/mol. The Morgan fingerprint density at radius 1 is 1.21 bits per heavy atom. The van der Waals surface area contributed by atoms with Gasteiger partial charge in [0.1, 0.15) is 5.52 Å². The zero-order valence-electron chi connectivity index (χ0n) is 14.9. The zero-order chi connectivity index (χ0) is 20.8. The van der Waals surface area contributed by atoms with Gasteiger partial charge in [0.05, 0.1) is 10.8 Å². The maximum atomic E-state index is 12.6. The van der Waals surface area contributed by atoms with Gasteiger partial charge in [-0.1, -0.05) is 41.3 Å². The summed E-state index contributed by atoms with van der Waals surface area (Å²) >= 11 is 1.30. The van der Waals surface area contributed by atoms with Gasteiger partial charge in [-0.3, -0.25) is 10.1 Å². The summed E-state index contributed by atoms with van der Waals surface area (Å²) in [6.07, 6.45) is -4.60. The number of anilines is 1. The van der Waals surface area contributed by atoms with Crippen LogP contribution in [0.25, 0.3) is 22.1 Å². The largest absolute Gasteiger partial charge is 0.445 e. The zero-order valence-corrected chi connectivity index (χ0v) is 16.6. The number of thioether (sulfide) groups is 1. The molecular formula is C16H12F3N7OS2. The lowest BCUT2D eigenvalue weighted by Crippen LogP contribution is -2.22. The molecular weight excluding hydrogens is 427 g/mol. The number of aromatic nitrogens is 6. The number of alkyl halides is 3. The number of nitrogens with one attached hydrogen (secondary N) is 1. The number of halogens is 3. The standard InChI is InChI=1S/C16H12F3N7OS2/c1-7(12(27)21-15-25-23-13(29-15)16(17,18)19)28-14-20-11-10(22-24-14)8-5-3-4-6-9(8)26(11)2/h3-7H,1-2H3,(H,21,25,27)/t7-/m0/s1. The van der Waals surface area contributed by atoms with Crippen LogP contribution < -0.4 is 5.32 Å². The van der Waals surface area contributed by atoms with E-state index >= 15 is 0 Å². The number of rotatable bonds is 4. The van der Waals surface area contributed by atoms with Crippen molar-refractivity contribution in [2.75, 3.05) is 5.32 Å². The number of carbonyl (C=O) groups is 1. The van der Waals surface area contributed by atoms with Gasteiger partial charge in [0.25, 0.3) is 0 Å². The molecule has 4 aromatic rings. The maximum absolute atomic E-state index is 12.6. The van der Waals surface area contributed by atoms with Crippen molar-refractivity contribution in [3.8, 4) is 0 Å². The third-order valence-corrected chi connectivity index (χ3v) is 5.87. The Labute approximate surface area is 169 Å². The van der Waals surface area contributed by atoms with E-state index in [2.05, 4.69) is 30.7 Å². The molecule has 0 aliphatic heterocycles. The molecule has 1 amide bonds. The predicted octanol–water partition coefficient (Wildman–Crippen LogP) is 3.51. The van der Waals surface area contributed by atoms with E-state index in [0.717, 1.165) is 22.7 Å². The fraction of sp³-hybridized carbons (Fsp3) is 0.250. The van der Waals surface area contributed by atoms with E-state index in [1.807, 2.05) is 35.9 Å². The highest BCUT2D eigenvalue weighted by atomic mass is 32.2. The lowest BCUT2D eigenvalue weighted by Gasteiger charge is -2.08. The summed E-state index contributed by atoms with van der Waals surface area (Å²) < 4.78 is 39.6. The molecule has 0 aliphatic rings. The van der Waals surface area contributed by atoms with Gasteiger partial charge in [0.15, 0.2) is 5.65 Å². The normalized spacial score (nSPS) is 13.1. The molecule has 3 aromatic heterocycles. The first kappa shape index (κ1) is 19.5. The molecule has 0 aliphatic carbocycles. The minimum Gasteiger partial charge on any atom is -0.327 e. The summed E-state index contributed by atoms with van der Waals surface area (Å²) in [6.45, 7) is 1.58. The van der Waals surface area contributed by atoms with Crippen molar-refractivity contribution in [1.82, 2.24) is 29.9 Å². The van der Waals surface area contributed by atoms with E-state index in [0.29, 0.717) is 11.2 Å². The third kappa shape index (κ3) is 3.74. The van der Waals surface area contributed by atoms with Gasteiger partial charge in [-0.2, -0.15) is 13.2 Å². The lowest BCUT2D eigenvalue weighted by molar-refractivity contribution is -0.138. The van der Waals surface area contributed by atoms with Gasteiger partial charge in [0.2, 0.25) is 21.2 Å². The maximum Gasteiger partial charge on any atom is 0.445 e. The molecule has 13 heteroatoms. The van der Waals surface area contributed by atoms with Crippen LogP contribution in [0.5, 0.6) is 0 Å². The molecule has 0 spiro atoms. The van der Waals surface area contributed by atoms with Crippen LogP contribution in [0.4, 0.5) is 18.3 Å². The summed E-state index contributed by atoms with van der Waals surface area (Å²) in [6, 6.07) is 7.68. The molecule has 8 nitrogen and oxygen atoms in total. The molecule has 1 N–H and O–H groups in total. The van der Waals surface area contributed by atoms with Gasteiger partial charge in [-0.15, -0.1) is 20.4 Å². The van der Waals surface area contributed by atoms with E-state index in [-0.39, 0.29) is 21.6 Å². The highest BCUT2D eigenvalue weighted by Crippen LogP contribution is 2.33. The highest BCUT2D eigenvalue weighted by molar-refractivity contribution is 8.00. The Kier molecular flexibility index (Phi) is 4.86. The van der Waals surface area contributed by atoms with E-state index in [9.17, 15) is 18.0 Å². The number of amides is 1. The molecule has 0 saturated carbocycles. The van der Waals surface area contributed by atoms with Crippen molar-refractivity contribution in [2.45, 2.75) is 23.5 Å². The first-order chi connectivity index (χ1) is 13.7. The van der Waals surface area contributed by atoms with Crippen LogP contribution in [0.15, 0.2) is 29.4 Å². The topological polar surface area (TPSA) is 98.5 Å². The fourth-order valence-corrected chi connectivity index (χ4v) is 3.97. The molecule has 1 atom stereocenters. The number of aryl methyl sites for hydroxylation is 1. The number of hydrogen-bond acceptors (Lipinski definition) is 8. The molecule has 29 heavy (non-hydrogen) atoms. The number of benzene rings is 1. The summed E-state index contributed by atoms with van der Waals surface area (Å²) in [7, 11) is 1.86. The molecule has 0 radical (unpaired) electrons. The SMILES string of the molecule is C[C@H](Sc1nnc2c3ccccc3n(C)c2n1)C(=O)Nc1nnc(C(F)(F)F)s1. The summed E-state index contributed by atoms with van der Waals surface area (Å²) in [5, 5.41) is 16.2. The monoisotopic (exact) mass is 439 g/mol. The Balaban J connectivity index is 1.51. The second kappa shape index (κ2) is 7.22. The van der Waals surface area contributed by atoms with Crippen LogP contribution in [-0.4, -0.2) is 41.1 Å². The smallest absolute Gasteiger partial charge is 0.327 e. The molecule has 3 heterocycles. The Bertz CT molecular complexity index is 1220. The molecule has 150 valence electrons. The average Bonchev–Trinajstić information content (AvgIpc) is 3.26. The molecule has 4 rings (SSSR count). The molecule has 0 bridgehead atoms. The van der Waals surface area contributed by atoms with E-state index in [1.54, 1.807) is 6.92 Å². The van der Waals surface area contributed by atoms with Crippen LogP contribution in [0.2, 0.25) is 0 Å². The van der Waals surface area contributed by atoms with E-state index in [4.69, 9.17) is 0 Å². The second-order valence-corrected chi connectivity index (χ2v) is 8.29. The summed E-state index contributed by atoms with van der Waals surface area (Å²) in [4.78, 5) is 16.8. The van der Waals surface area contributed by atoms with Crippen molar-refractivity contribution in [2.24, 2.45) is 7.05 Å². The minimum absolute atomic E-state index is 0.224. The van der Waals surface area contributed by atoms with Gasteiger partial charge >= 0.3 is 6.18 Å². The van der Waals surface area contributed by atoms with Gasteiger partial charge in [0, 0.05) is 12.4 Å². The van der Waals surface area contributed by atoms with Crippen LogP contribution >= 0.6 is 23.1 Å². The molecule has 0 saturated heterocycles.